The first-order valence-electron chi connectivity index (χ1n) is 8.89. The number of rotatable bonds is 4. The summed E-state index contributed by atoms with van der Waals surface area (Å²) in [5.74, 6) is 2.07. The van der Waals surface area contributed by atoms with Gasteiger partial charge in [-0.25, -0.2) is 0 Å². The minimum atomic E-state index is 0.779. The van der Waals surface area contributed by atoms with E-state index in [0.29, 0.717) is 0 Å². The predicted molar refractivity (Wildman–Crippen MR) is 87.1 cm³/mol. The van der Waals surface area contributed by atoms with Gasteiger partial charge < -0.3 is 5.32 Å². The molecule has 0 radical (unpaired) electrons. The minimum Gasteiger partial charge on any atom is -0.311 e. The second-order valence-corrected chi connectivity index (χ2v) is 7.48. The van der Waals surface area contributed by atoms with Gasteiger partial charge in [-0.2, -0.15) is 0 Å². The first kappa shape index (κ1) is 13.8. The molecule has 114 valence electrons. The number of piperidine rings is 1. The van der Waals surface area contributed by atoms with Crippen molar-refractivity contribution in [2.45, 2.75) is 57.2 Å². The van der Waals surface area contributed by atoms with Crippen molar-refractivity contribution in [1.29, 1.82) is 0 Å². The zero-order valence-corrected chi connectivity index (χ0v) is 13.0. The van der Waals surface area contributed by atoms with Crippen molar-refractivity contribution in [2.24, 2.45) is 11.8 Å². The Morgan fingerprint density at radius 1 is 0.952 bits per heavy atom. The molecule has 0 aromatic heterocycles. The Balaban J connectivity index is 1.23. The van der Waals surface area contributed by atoms with Crippen molar-refractivity contribution >= 4 is 0 Å². The van der Waals surface area contributed by atoms with Crippen molar-refractivity contribution in [3.63, 3.8) is 0 Å². The lowest BCUT2D eigenvalue weighted by Crippen LogP contribution is -2.47. The Labute approximate surface area is 128 Å². The first-order valence-corrected chi connectivity index (χ1v) is 8.89. The fourth-order valence-electron chi connectivity index (χ4n) is 4.85. The molecule has 1 heterocycles. The van der Waals surface area contributed by atoms with E-state index in [-0.39, 0.29) is 0 Å². The van der Waals surface area contributed by atoms with Crippen molar-refractivity contribution in [1.82, 2.24) is 10.2 Å². The molecule has 2 heteroatoms. The fourth-order valence-corrected chi connectivity index (χ4v) is 4.85. The lowest BCUT2D eigenvalue weighted by Gasteiger charge is -2.35. The summed E-state index contributed by atoms with van der Waals surface area (Å²) in [7, 11) is 0. The molecule has 2 saturated carbocycles. The van der Waals surface area contributed by atoms with Crippen LogP contribution >= 0.6 is 0 Å². The highest BCUT2D eigenvalue weighted by Crippen LogP contribution is 2.44. The van der Waals surface area contributed by atoms with Crippen LogP contribution in [0.5, 0.6) is 0 Å². The molecule has 1 saturated heterocycles. The molecule has 2 aliphatic carbocycles. The number of hydrogen-bond donors (Lipinski definition) is 1. The van der Waals surface area contributed by atoms with Gasteiger partial charge in [-0.1, -0.05) is 36.8 Å². The molecule has 2 bridgehead atoms. The van der Waals surface area contributed by atoms with E-state index < -0.39 is 0 Å². The number of nitrogens with one attached hydrogen (secondary N) is 1. The normalized spacial score (nSPS) is 33.6. The Morgan fingerprint density at radius 3 is 2.43 bits per heavy atom. The third-order valence-electron chi connectivity index (χ3n) is 6.02. The molecule has 3 fully saturated rings. The third-order valence-corrected chi connectivity index (χ3v) is 6.02. The van der Waals surface area contributed by atoms with Crippen LogP contribution in [0.25, 0.3) is 0 Å². The van der Waals surface area contributed by atoms with E-state index in [1.54, 1.807) is 0 Å². The molecular weight excluding hydrogens is 256 g/mol. The maximum absolute atomic E-state index is 4.01. The molecule has 21 heavy (non-hydrogen) atoms. The summed E-state index contributed by atoms with van der Waals surface area (Å²) >= 11 is 0. The first-order chi connectivity index (χ1) is 10.4. The van der Waals surface area contributed by atoms with E-state index in [1.807, 2.05) is 0 Å². The van der Waals surface area contributed by atoms with Crippen LogP contribution in [0.2, 0.25) is 0 Å². The fraction of sp³-hybridized carbons (Fsp3) is 0.684. The smallest absolute Gasteiger partial charge is 0.0233 e. The summed E-state index contributed by atoms with van der Waals surface area (Å²) in [5, 5.41) is 4.01. The van der Waals surface area contributed by atoms with Crippen LogP contribution in [0.4, 0.5) is 0 Å². The lowest BCUT2D eigenvalue weighted by molar-refractivity contribution is 0.175. The van der Waals surface area contributed by atoms with Gasteiger partial charge in [0.15, 0.2) is 0 Å². The summed E-state index contributed by atoms with van der Waals surface area (Å²) in [6.45, 7) is 3.64. The summed E-state index contributed by atoms with van der Waals surface area (Å²) < 4.78 is 0. The van der Waals surface area contributed by atoms with Crippen molar-refractivity contribution in [2.75, 3.05) is 13.1 Å². The second kappa shape index (κ2) is 6.10. The highest BCUT2D eigenvalue weighted by molar-refractivity contribution is 5.14. The summed E-state index contributed by atoms with van der Waals surface area (Å²) in [6, 6.07) is 12.5. The number of fused-ring (bicyclic) bond motifs is 2. The van der Waals surface area contributed by atoms with Crippen LogP contribution in [-0.2, 0) is 6.54 Å². The van der Waals surface area contributed by atoms with Crippen LogP contribution in [0, 0.1) is 11.8 Å². The van der Waals surface area contributed by atoms with E-state index in [1.165, 1.54) is 57.2 Å². The van der Waals surface area contributed by atoms with Gasteiger partial charge in [0, 0.05) is 18.6 Å². The average molecular weight is 284 g/mol. The molecule has 3 aliphatic rings. The topological polar surface area (TPSA) is 15.3 Å². The number of likely N-dealkylation sites (tertiary alicyclic amines) is 1. The molecule has 0 unspecified atom stereocenters. The van der Waals surface area contributed by atoms with Crippen LogP contribution in [-0.4, -0.2) is 30.1 Å². The second-order valence-electron chi connectivity index (χ2n) is 7.48. The quantitative estimate of drug-likeness (QED) is 0.911. The van der Waals surface area contributed by atoms with Crippen LogP contribution < -0.4 is 5.32 Å². The molecule has 0 amide bonds. The van der Waals surface area contributed by atoms with Crippen LogP contribution in [0.15, 0.2) is 30.3 Å². The van der Waals surface area contributed by atoms with E-state index in [4.69, 9.17) is 0 Å². The van der Waals surface area contributed by atoms with Gasteiger partial charge in [0.05, 0.1) is 0 Å². The maximum Gasteiger partial charge on any atom is 0.0233 e. The van der Waals surface area contributed by atoms with Gasteiger partial charge in [0.25, 0.3) is 0 Å². The minimum absolute atomic E-state index is 0.779. The standard InChI is InChI=1S/C19H28N2/c1-2-4-15(5-3-1)14-21-10-8-18(9-11-21)20-19-13-16-6-7-17(19)12-16/h1-5,16-20H,6-14H2/t16-,17+,19-/m0/s1. The highest BCUT2D eigenvalue weighted by Gasteiger charge is 2.40. The Bertz CT molecular complexity index is 450. The van der Waals surface area contributed by atoms with Crippen molar-refractivity contribution < 1.29 is 0 Å². The lowest BCUT2D eigenvalue weighted by atomic mass is 9.93. The molecule has 3 atom stereocenters. The van der Waals surface area contributed by atoms with Crippen LogP contribution in [0.1, 0.15) is 44.1 Å². The molecule has 4 rings (SSSR count). The van der Waals surface area contributed by atoms with Gasteiger partial charge >= 0.3 is 0 Å². The number of hydrogen-bond acceptors (Lipinski definition) is 2. The van der Waals surface area contributed by atoms with Gasteiger partial charge in [0.2, 0.25) is 0 Å². The molecular formula is C19H28N2. The van der Waals surface area contributed by atoms with Crippen LogP contribution in [0.3, 0.4) is 0 Å². The Hall–Kier alpha value is -0.860. The molecule has 1 aromatic carbocycles. The third kappa shape index (κ3) is 3.17. The maximum atomic E-state index is 4.01. The van der Waals surface area contributed by atoms with Gasteiger partial charge in [0.1, 0.15) is 0 Å². The van der Waals surface area contributed by atoms with Gasteiger partial charge in [-0.3, -0.25) is 4.90 Å². The number of benzene rings is 1. The zero-order valence-electron chi connectivity index (χ0n) is 13.0. The SMILES string of the molecule is c1ccc(CN2CCC(N[C@H]3C[C@H]4CC[C@@H]3C4)CC2)cc1. The predicted octanol–water partition coefficient (Wildman–Crippen LogP) is 3.43. The van der Waals surface area contributed by atoms with Gasteiger partial charge in [-0.15, -0.1) is 0 Å². The largest absolute Gasteiger partial charge is 0.311 e. The molecule has 1 aliphatic heterocycles. The van der Waals surface area contributed by atoms with Gasteiger partial charge in [-0.05, 0) is 62.6 Å². The summed E-state index contributed by atoms with van der Waals surface area (Å²) in [6.07, 6.45) is 8.66. The Kier molecular flexibility index (Phi) is 4.00. The van der Waals surface area contributed by atoms with Crippen molar-refractivity contribution in [3.8, 4) is 0 Å². The Morgan fingerprint density at radius 2 is 1.76 bits per heavy atom. The summed E-state index contributed by atoms with van der Waals surface area (Å²) in [4.78, 5) is 2.62. The van der Waals surface area contributed by atoms with Crippen molar-refractivity contribution in [3.05, 3.63) is 35.9 Å². The van der Waals surface area contributed by atoms with E-state index in [0.717, 1.165) is 30.5 Å². The zero-order chi connectivity index (χ0) is 14.1. The van der Waals surface area contributed by atoms with E-state index >= 15 is 0 Å². The summed E-state index contributed by atoms with van der Waals surface area (Å²) in [5.41, 5.74) is 1.46. The molecule has 2 nitrogen and oxygen atoms in total. The highest BCUT2D eigenvalue weighted by atomic mass is 15.1. The van der Waals surface area contributed by atoms with E-state index in [2.05, 4.69) is 40.5 Å². The molecule has 1 aromatic rings. The molecule has 0 spiro atoms. The monoisotopic (exact) mass is 284 g/mol. The number of nitrogens with zero attached hydrogens (tertiary/aromatic N) is 1. The molecule has 1 N–H and O–H groups in total. The average Bonchev–Trinajstić information content (AvgIpc) is 3.13. The van der Waals surface area contributed by atoms with E-state index in [9.17, 15) is 0 Å².